The van der Waals surface area contributed by atoms with E-state index >= 15 is 0 Å². The van der Waals surface area contributed by atoms with Crippen molar-refractivity contribution in [2.75, 3.05) is 32.6 Å². The van der Waals surface area contributed by atoms with Gasteiger partial charge in [-0.2, -0.15) is 18.2 Å². The zero-order valence-electron chi connectivity index (χ0n) is 13.3. The number of halogens is 3. The Labute approximate surface area is 136 Å². The van der Waals surface area contributed by atoms with E-state index in [2.05, 4.69) is 19.6 Å². The number of carbonyl (C=O) groups excluding carboxylic acids is 1. The van der Waals surface area contributed by atoms with Crippen LogP contribution in [0.4, 0.5) is 19.0 Å². The second-order valence-corrected chi connectivity index (χ2v) is 5.29. The van der Waals surface area contributed by atoms with E-state index in [-0.39, 0.29) is 24.7 Å². The standard InChI is InChI=1S/C14H16F3N5O2/c1-21(2)11-5-4-9(8-18-11)12(23)22(3)7-6-10-19-13(24-20-10)14(15,16)17/h4-5,8H,6-7H2,1-3H3. The van der Waals surface area contributed by atoms with Crippen LogP contribution >= 0.6 is 0 Å². The molecule has 0 saturated carbocycles. The van der Waals surface area contributed by atoms with Crippen LogP contribution in [0.3, 0.4) is 0 Å². The molecule has 7 nitrogen and oxygen atoms in total. The third-order valence-electron chi connectivity index (χ3n) is 3.18. The third kappa shape index (κ3) is 4.21. The van der Waals surface area contributed by atoms with Gasteiger partial charge in [0, 0.05) is 40.3 Å². The topological polar surface area (TPSA) is 75.4 Å². The maximum Gasteiger partial charge on any atom is 0.471 e. The van der Waals surface area contributed by atoms with Crippen molar-refractivity contribution < 1.29 is 22.5 Å². The van der Waals surface area contributed by atoms with Crippen LogP contribution in [-0.2, 0) is 12.6 Å². The normalized spacial score (nSPS) is 11.4. The monoisotopic (exact) mass is 343 g/mol. The van der Waals surface area contributed by atoms with E-state index in [4.69, 9.17) is 0 Å². The molecule has 0 radical (unpaired) electrons. The maximum atomic E-state index is 12.4. The minimum atomic E-state index is -4.67. The number of amides is 1. The average molecular weight is 343 g/mol. The molecule has 10 heteroatoms. The lowest BCUT2D eigenvalue weighted by molar-refractivity contribution is -0.159. The molecule has 1 amide bonds. The fraction of sp³-hybridized carbons (Fsp3) is 0.429. The van der Waals surface area contributed by atoms with E-state index in [1.54, 1.807) is 17.0 Å². The molecule has 0 atom stereocenters. The molecule has 0 unspecified atom stereocenters. The van der Waals surface area contributed by atoms with Gasteiger partial charge in [0.2, 0.25) is 0 Å². The molecule has 2 aromatic heterocycles. The van der Waals surface area contributed by atoms with Gasteiger partial charge in [-0.25, -0.2) is 4.98 Å². The van der Waals surface area contributed by atoms with Crippen molar-refractivity contribution in [2.24, 2.45) is 0 Å². The van der Waals surface area contributed by atoms with Crippen LogP contribution in [0.25, 0.3) is 0 Å². The first kappa shape index (κ1) is 17.7. The Morgan fingerprint density at radius 3 is 2.46 bits per heavy atom. The largest absolute Gasteiger partial charge is 0.471 e. The van der Waals surface area contributed by atoms with Gasteiger partial charge in [0.05, 0.1) is 5.56 Å². The van der Waals surface area contributed by atoms with Crippen LogP contribution in [0.15, 0.2) is 22.9 Å². The minimum absolute atomic E-state index is 0.0467. The maximum absolute atomic E-state index is 12.4. The second kappa shape index (κ2) is 6.85. The summed E-state index contributed by atoms with van der Waals surface area (Å²) in [5.41, 5.74) is 0.382. The molecule has 0 spiro atoms. The summed E-state index contributed by atoms with van der Waals surface area (Å²) in [7, 11) is 5.19. The summed E-state index contributed by atoms with van der Waals surface area (Å²) in [6, 6.07) is 3.34. The van der Waals surface area contributed by atoms with Gasteiger partial charge < -0.3 is 14.3 Å². The average Bonchev–Trinajstić information content (AvgIpc) is 3.01. The molecular weight excluding hydrogens is 327 g/mol. The van der Waals surface area contributed by atoms with Gasteiger partial charge in [0.15, 0.2) is 5.82 Å². The summed E-state index contributed by atoms with van der Waals surface area (Å²) >= 11 is 0. The van der Waals surface area contributed by atoms with Crippen LogP contribution in [0.5, 0.6) is 0 Å². The first-order valence-electron chi connectivity index (χ1n) is 6.97. The Hall–Kier alpha value is -2.65. The smallest absolute Gasteiger partial charge is 0.363 e. The fourth-order valence-electron chi connectivity index (χ4n) is 1.84. The third-order valence-corrected chi connectivity index (χ3v) is 3.18. The number of hydrogen-bond donors (Lipinski definition) is 0. The Balaban J connectivity index is 1.95. The van der Waals surface area contributed by atoms with Gasteiger partial charge in [0.1, 0.15) is 5.82 Å². The number of nitrogens with zero attached hydrogens (tertiary/aromatic N) is 5. The molecule has 0 saturated heterocycles. The van der Waals surface area contributed by atoms with Gasteiger partial charge in [-0.15, -0.1) is 0 Å². The Kier molecular flexibility index (Phi) is 5.05. The lowest BCUT2D eigenvalue weighted by Crippen LogP contribution is -2.29. The Morgan fingerprint density at radius 1 is 1.25 bits per heavy atom. The van der Waals surface area contributed by atoms with Gasteiger partial charge >= 0.3 is 12.1 Å². The SMILES string of the molecule is CN(CCc1noc(C(F)(F)F)n1)C(=O)c1ccc(N(C)C)nc1. The van der Waals surface area contributed by atoms with Gasteiger partial charge in [-0.05, 0) is 12.1 Å². The van der Waals surface area contributed by atoms with Crippen LogP contribution in [0, 0.1) is 0 Å². The van der Waals surface area contributed by atoms with Crippen LogP contribution in [-0.4, -0.2) is 53.6 Å². The van der Waals surface area contributed by atoms with Crippen molar-refractivity contribution in [1.82, 2.24) is 20.0 Å². The first-order valence-corrected chi connectivity index (χ1v) is 6.97. The van der Waals surface area contributed by atoms with Crippen molar-refractivity contribution in [3.05, 3.63) is 35.6 Å². The highest BCUT2D eigenvalue weighted by Crippen LogP contribution is 2.27. The number of pyridine rings is 1. The van der Waals surface area contributed by atoms with Crippen LogP contribution < -0.4 is 4.90 Å². The van der Waals surface area contributed by atoms with Gasteiger partial charge in [-0.1, -0.05) is 5.16 Å². The molecular formula is C14H16F3N5O2. The highest BCUT2D eigenvalue weighted by molar-refractivity contribution is 5.93. The first-order chi connectivity index (χ1) is 11.2. The molecule has 24 heavy (non-hydrogen) atoms. The molecule has 2 heterocycles. The molecule has 0 bridgehead atoms. The highest BCUT2D eigenvalue weighted by atomic mass is 19.4. The summed E-state index contributed by atoms with van der Waals surface area (Å²) in [4.78, 5) is 22.8. The number of carbonyl (C=O) groups is 1. The van der Waals surface area contributed by atoms with Crippen molar-refractivity contribution in [3.8, 4) is 0 Å². The molecule has 2 aromatic rings. The van der Waals surface area contributed by atoms with E-state index in [9.17, 15) is 18.0 Å². The predicted molar refractivity (Wildman–Crippen MR) is 78.5 cm³/mol. The Bertz CT molecular complexity index is 697. The van der Waals surface area contributed by atoms with Crippen molar-refractivity contribution in [1.29, 1.82) is 0 Å². The molecule has 0 aromatic carbocycles. The number of likely N-dealkylation sites (N-methyl/N-ethyl adjacent to an activating group) is 1. The Morgan fingerprint density at radius 2 is 1.96 bits per heavy atom. The zero-order valence-corrected chi connectivity index (χ0v) is 13.3. The molecule has 0 aliphatic heterocycles. The van der Waals surface area contributed by atoms with Crippen molar-refractivity contribution in [2.45, 2.75) is 12.6 Å². The van der Waals surface area contributed by atoms with E-state index in [0.29, 0.717) is 11.4 Å². The van der Waals surface area contributed by atoms with Crippen LogP contribution in [0.1, 0.15) is 22.1 Å². The van der Waals surface area contributed by atoms with E-state index in [1.165, 1.54) is 18.1 Å². The zero-order chi connectivity index (χ0) is 17.9. The van der Waals surface area contributed by atoms with Crippen molar-refractivity contribution >= 4 is 11.7 Å². The van der Waals surface area contributed by atoms with E-state index < -0.39 is 12.1 Å². The van der Waals surface area contributed by atoms with Gasteiger partial charge in [-0.3, -0.25) is 4.79 Å². The quantitative estimate of drug-likeness (QED) is 0.825. The molecule has 130 valence electrons. The summed E-state index contributed by atoms with van der Waals surface area (Å²) in [5, 5.41) is 3.26. The second-order valence-electron chi connectivity index (χ2n) is 5.29. The number of rotatable bonds is 5. The molecule has 0 fully saturated rings. The summed E-state index contributed by atoms with van der Waals surface area (Å²) < 4.78 is 41.2. The number of alkyl halides is 3. The molecule has 0 aliphatic rings. The number of anilines is 1. The lowest BCUT2D eigenvalue weighted by atomic mass is 10.2. The number of aromatic nitrogens is 3. The van der Waals surface area contributed by atoms with Crippen molar-refractivity contribution in [3.63, 3.8) is 0 Å². The summed E-state index contributed by atoms with van der Waals surface area (Å²) in [6.07, 6.45) is -3.18. The molecule has 2 rings (SSSR count). The fourth-order valence-corrected chi connectivity index (χ4v) is 1.84. The lowest BCUT2D eigenvalue weighted by Gasteiger charge is -2.17. The predicted octanol–water partition coefficient (Wildman–Crippen LogP) is 1.86. The summed E-state index contributed by atoms with van der Waals surface area (Å²) in [6.45, 7) is 0.144. The van der Waals surface area contributed by atoms with E-state index in [0.717, 1.165) is 0 Å². The molecule has 0 N–H and O–H groups in total. The minimum Gasteiger partial charge on any atom is -0.363 e. The highest BCUT2D eigenvalue weighted by Gasteiger charge is 2.38. The molecule has 0 aliphatic carbocycles. The summed E-state index contributed by atoms with van der Waals surface area (Å²) in [5.74, 6) is -1.09. The van der Waals surface area contributed by atoms with E-state index in [1.807, 2.05) is 14.1 Å². The van der Waals surface area contributed by atoms with Gasteiger partial charge in [0.25, 0.3) is 5.91 Å². The number of hydrogen-bond acceptors (Lipinski definition) is 6. The van der Waals surface area contributed by atoms with Crippen LogP contribution in [0.2, 0.25) is 0 Å².